The lowest BCUT2D eigenvalue weighted by atomic mass is 10.2. The van der Waals surface area contributed by atoms with Gasteiger partial charge < -0.3 is 19.9 Å². The van der Waals surface area contributed by atoms with Crippen LogP contribution in [0.3, 0.4) is 0 Å². The third-order valence-electron chi connectivity index (χ3n) is 2.51. The van der Waals surface area contributed by atoms with Gasteiger partial charge >= 0.3 is 12.6 Å². The Morgan fingerprint density at radius 2 is 1.95 bits per heavy atom. The number of nitrogens with two attached hydrogens (primary N) is 1. The zero-order valence-electron chi connectivity index (χ0n) is 11.9. The summed E-state index contributed by atoms with van der Waals surface area (Å²) in [6.07, 6.45) is 1.39. The molecule has 0 unspecified atom stereocenters. The molecule has 8 heteroatoms. The molecule has 6 nitrogen and oxygen atoms in total. The Morgan fingerprint density at radius 1 is 1.27 bits per heavy atom. The highest BCUT2D eigenvalue weighted by Crippen LogP contribution is 2.29. The first-order valence-corrected chi connectivity index (χ1v) is 6.14. The third-order valence-corrected chi connectivity index (χ3v) is 2.51. The summed E-state index contributed by atoms with van der Waals surface area (Å²) in [7, 11) is 1.30. The van der Waals surface area contributed by atoms with Crippen LogP contribution in [0.2, 0.25) is 0 Å². The Labute approximate surface area is 125 Å². The molecule has 120 valence electrons. The normalized spacial score (nSPS) is 12.2. The number of methoxy groups -OCH3 is 1. The molecular weight excluding hydrogens is 300 g/mol. The summed E-state index contributed by atoms with van der Waals surface area (Å²) in [5, 5.41) is 0. The number of esters is 1. The third kappa shape index (κ3) is 5.39. The summed E-state index contributed by atoms with van der Waals surface area (Å²) in [6, 6.07) is 4.13. The maximum atomic E-state index is 12.2. The highest BCUT2D eigenvalue weighted by Gasteiger charge is 2.13. The molecule has 22 heavy (non-hydrogen) atoms. The maximum Gasteiger partial charge on any atom is 0.387 e. The Hall–Kier alpha value is -2.64. The summed E-state index contributed by atoms with van der Waals surface area (Å²) < 4.78 is 38.3. The summed E-state index contributed by atoms with van der Waals surface area (Å²) in [5.74, 6) is -1.57. The number of benzene rings is 1. The van der Waals surface area contributed by atoms with E-state index < -0.39 is 24.6 Å². The second kappa shape index (κ2) is 7.96. The van der Waals surface area contributed by atoms with Crippen LogP contribution in [0, 0.1) is 0 Å². The zero-order valence-corrected chi connectivity index (χ0v) is 11.9. The van der Waals surface area contributed by atoms with E-state index in [4.69, 9.17) is 15.2 Å². The number of hydrogen-bond donors (Lipinski definition) is 1. The van der Waals surface area contributed by atoms with Crippen molar-refractivity contribution in [1.29, 1.82) is 0 Å². The van der Waals surface area contributed by atoms with Gasteiger partial charge in [-0.05, 0) is 30.7 Å². The van der Waals surface area contributed by atoms with Crippen molar-refractivity contribution in [2.24, 2.45) is 5.73 Å². The standard InChI is InChI=1S/C14H15F2NO5/c1-8(13(17)19)21-12(18)6-4-9-3-5-10(22-14(15)16)11(7-9)20-2/h3-8,14H,1-2H3,(H2,17,19)/b6-4+/t8-/m1/s1. The van der Waals surface area contributed by atoms with Crippen LogP contribution in [0.4, 0.5) is 8.78 Å². The van der Waals surface area contributed by atoms with Crippen LogP contribution in [-0.4, -0.2) is 31.7 Å². The number of carbonyl (C=O) groups is 2. The number of primary amides is 1. The Morgan fingerprint density at radius 3 is 2.50 bits per heavy atom. The number of alkyl halides is 2. The molecule has 2 N–H and O–H groups in total. The van der Waals surface area contributed by atoms with E-state index in [9.17, 15) is 18.4 Å². The summed E-state index contributed by atoms with van der Waals surface area (Å²) in [6.45, 7) is -1.63. The molecule has 0 spiro atoms. The minimum Gasteiger partial charge on any atom is -0.493 e. The van der Waals surface area contributed by atoms with Crippen LogP contribution in [-0.2, 0) is 14.3 Å². The largest absolute Gasteiger partial charge is 0.493 e. The molecule has 1 rings (SSSR count). The first-order valence-electron chi connectivity index (χ1n) is 6.14. The van der Waals surface area contributed by atoms with Crippen LogP contribution in [0.15, 0.2) is 24.3 Å². The van der Waals surface area contributed by atoms with Crippen molar-refractivity contribution in [3.05, 3.63) is 29.8 Å². The Bertz CT molecular complexity index is 574. The monoisotopic (exact) mass is 315 g/mol. The fourth-order valence-electron chi connectivity index (χ4n) is 1.42. The van der Waals surface area contributed by atoms with Gasteiger partial charge in [0.25, 0.3) is 5.91 Å². The van der Waals surface area contributed by atoms with Crippen LogP contribution in [0.25, 0.3) is 6.08 Å². The number of ether oxygens (including phenoxy) is 3. The van der Waals surface area contributed by atoms with E-state index in [0.717, 1.165) is 6.08 Å². The molecule has 0 fully saturated rings. The van der Waals surface area contributed by atoms with Gasteiger partial charge in [-0.15, -0.1) is 0 Å². The van der Waals surface area contributed by atoms with E-state index in [2.05, 4.69) is 4.74 Å². The van der Waals surface area contributed by atoms with Gasteiger partial charge in [0.2, 0.25) is 0 Å². The molecule has 1 atom stereocenters. The fourth-order valence-corrected chi connectivity index (χ4v) is 1.42. The van der Waals surface area contributed by atoms with Crippen molar-refractivity contribution in [2.45, 2.75) is 19.6 Å². The SMILES string of the molecule is COc1cc(/C=C/C(=O)O[C@H](C)C(N)=O)ccc1OC(F)F. The average Bonchev–Trinajstić information content (AvgIpc) is 2.45. The van der Waals surface area contributed by atoms with Crippen molar-refractivity contribution < 1.29 is 32.6 Å². The smallest absolute Gasteiger partial charge is 0.387 e. The zero-order chi connectivity index (χ0) is 16.7. The van der Waals surface area contributed by atoms with Gasteiger partial charge in [0.15, 0.2) is 17.6 Å². The van der Waals surface area contributed by atoms with Gasteiger partial charge in [-0.25, -0.2) is 4.79 Å². The Balaban J connectivity index is 2.79. The predicted molar refractivity (Wildman–Crippen MR) is 73.4 cm³/mol. The van der Waals surface area contributed by atoms with Crippen LogP contribution in [0.1, 0.15) is 12.5 Å². The topological polar surface area (TPSA) is 87.9 Å². The molecule has 0 aliphatic heterocycles. The van der Waals surface area contributed by atoms with E-state index in [1.54, 1.807) is 0 Å². The lowest BCUT2D eigenvalue weighted by Gasteiger charge is -2.10. The van der Waals surface area contributed by atoms with Gasteiger partial charge in [-0.3, -0.25) is 4.79 Å². The van der Waals surface area contributed by atoms with Crippen molar-refractivity contribution in [3.63, 3.8) is 0 Å². The van der Waals surface area contributed by atoms with Crippen molar-refractivity contribution in [3.8, 4) is 11.5 Å². The average molecular weight is 315 g/mol. The maximum absolute atomic E-state index is 12.2. The number of hydrogen-bond acceptors (Lipinski definition) is 5. The minimum atomic E-state index is -2.97. The molecule has 1 aromatic rings. The number of rotatable bonds is 7. The molecule has 0 heterocycles. The molecule has 0 saturated carbocycles. The number of amides is 1. The van der Waals surface area contributed by atoms with Gasteiger partial charge in [0.05, 0.1) is 7.11 Å². The van der Waals surface area contributed by atoms with Gasteiger partial charge in [0, 0.05) is 6.08 Å². The molecule has 0 saturated heterocycles. The fraction of sp³-hybridized carbons (Fsp3) is 0.286. The van der Waals surface area contributed by atoms with Gasteiger partial charge in [0.1, 0.15) is 0 Å². The van der Waals surface area contributed by atoms with Crippen LogP contribution < -0.4 is 15.2 Å². The highest BCUT2D eigenvalue weighted by molar-refractivity contribution is 5.90. The predicted octanol–water partition coefficient (Wildman–Crippen LogP) is 1.73. The second-order valence-electron chi connectivity index (χ2n) is 4.10. The number of halogens is 2. The van der Waals surface area contributed by atoms with E-state index in [1.807, 2.05) is 0 Å². The molecule has 1 aromatic carbocycles. The van der Waals surface area contributed by atoms with Crippen LogP contribution in [0.5, 0.6) is 11.5 Å². The highest BCUT2D eigenvalue weighted by atomic mass is 19.3. The summed E-state index contributed by atoms with van der Waals surface area (Å²) in [5.41, 5.74) is 5.44. The van der Waals surface area contributed by atoms with E-state index in [0.29, 0.717) is 5.56 Å². The van der Waals surface area contributed by atoms with Crippen molar-refractivity contribution in [1.82, 2.24) is 0 Å². The first kappa shape index (κ1) is 17.4. The minimum absolute atomic E-state index is 0.0846. The van der Waals surface area contributed by atoms with Gasteiger partial charge in [-0.1, -0.05) is 6.07 Å². The molecule has 1 amide bonds. The van der Waals surface area contributed by atoms with E-state index >= 15 is 0 Å². The first-order chi connectivity index (χ1) is 10.3. The molecule has 0 aliphatic carbocycles. The van der Waals surface area contributed by atoms with Gasteiger partial charge in [-0.2, -0.15) is 8.78 Å². The summed E-state index contributed by atoms with van der Waals surface area (Å²) in [4.78, 5) is 22.2. The molecular formula is C14H15F2NO5. The molecule has 0 radical (unpaired) electrons. The lowest BCUT2D eigenvalue weighted by Crippen LogP contribution is -2.29. The molecule has 0 bridgehead atoms. The van der Waals surface area contributed by atoms with Crippen LogP contribution >= 0.6 is 0 Å². The lowest BCUT2D eigenvalue weighted by molar-refractivity contribution is -0.148. The molecule has 0 aliphatic rings. The Kier molecular flexibility index (Phi) is 6.30. The van der Waals surface area contributed by atoms with Crippen molar-refractivity contribution >= 4 is 18.0 Å². The van der Waals surface area contributed by atoms with Crippen molar-refractivity contribution in [2.75, 3.05) is 7.11 Å². The molecule has 0 aromatic heterocycles. The quantitative estimate of drug-likeness (QED) is 0.611. The van der Waals surface area contributed by atoms with E-state index in [1.165, 1.54) is 38.3 Å². The number of carbonyl (C=O) groups excluding carboxylic acids is 2. The second-order valence-corrected chi connectivity index (χ2v) is 4.10. The van der Waals surface area contributed by atoms with E-state index in [-0.39, 0.29) is 11.5 Å². The summed E-state index contributed by atoms with van der Waals surface area (Å²) >= 11 is 0.